The van der Waals surface area contributed by atoms with Gasteiger partial charge in [-0.2, -0.15) is 9.36 Å². The molecule has 3 N–H and O–H groups in total. The van der Waals surface area contributed by atoms with Gasteiger partial charge in [-0.05, 0) is 23.1 Å². The van der Waals surface area contributed by atoms with E-state index in [1.165, 1.54) is 0 Å². The minimum atomic E-state index is -0.654. The molecule has 0 saturated heterocycles. The lowest BCUT2D eigenvalue weighted by atomic mass is 10.6. The summed E-state index contributed by atoms with van der Waals surface area (Å²) in [7, 11) is 0. The number of hydrogen-bond donors (Lipinski definition) is 2. The van der Waals surface area contributed by atoms with E-state index in [0.29, 0.717) is 0 Å². The lowest BCUT2D eigenvalue weighted by Gasteiger charge is -1.77. The SMILES string of the molecule is NC(=O)c1nsc(Cl)n1.O=CO. The van der Waals surface area contributed by atoms with E-state index in [1.54, 1.807) is 0 Å². The van der Waals surface area contributed by atoms with Crippen molar-refractivity contribution in [3.05, 3.63) is 10.3 Å². The predicted octanol–water partition coefficient (Wildman–Crippen LogP) is -0.00880. The van der Waals surface area contributed by atoms with E-state index in [4.69, 9.17) is 27.2 Å². The number of rotatable bonds is 1. The van der Waals surface area contributed by atoms with E-state index >= 15 is 0 Å². The van der Waals surface area contributed by atoms with Gasteiger partial charge in [-0.1, -0.05) is 0 Å². The Kier molecular flexibility index (Phi) is 4.89. The average Bonchev–Trinajstić information content (AvgIpc) is 2.37. The maximum absolute atomic E-state index is 10.3. The van der Waals surface area contributed by atoms with Crippen molar-refractivity contribution < 1.29 is 14.7 Å². The van der Waals surface area contributed by atoms with Gasteiger partial charge in [0.25, 0.3) is 12.4 Å². The third-order valence-electron chi connectivity index (χ3n) is 0.622. The summed E-state index contributed by atoms with van der Waals surface area (Å²) in [6.45, 7) is -0.250. The Morgan fingerprint density at radius 3 is 2.42 bits per heavy atom. The van der Waals surface area contributed by atoms with Crippen LogP contribution in [0.15, 0.2) is 0 Å². The summed E-state index contributed by atoms with van der Waals surface area (Å²) in [6.07, 6.45) is 0. The highest BCUT2D eigenvalue weighted by Crippen LogP contribution is 2.09. The average molecular weight is 210 g/mol. The molecule has 66 valence electrons. The van der Waals surface area contributed by atoms with Crippen LogP contribution in [0.2, 0.25) is 4.47 Å². The highest BCUT2D eigenvalue weighted by Gasteiger charge is 2.05. The van der Waals surface area contributed by atoms with Gasteiger partial charge in [0.1, 0.15) is 0 Å². The Bertz CT molecular complexity index is 276. The second-order valence-electron chi connectivity index (χ2n) is 1.34. The van der Waals surface area contributed by atoms with Crippen molar-refractivity contribution >= 4 is 35.5 Å². The van der Waals surface area contributed by atoms with Crippen molar-refractivity contribution in [2.45, 2.75) is 0 Å². The largest absolute Gasteiger partial charge is 0.483 e. The minimum Gasteiger partial charge on any atom is -0.483 e. The number of halogens is 1. The van der Waals surface area contributed by atoms with Gasteiger partial charge in [-0.25, -0.2) is 0 Å². The molecule has 1 aromatic heterocycles. The maximum Gasteiger partial charge on any atom is 0.290 e. The van der Waals surface area contributed by atoms with E-state index in [2.05, 4.69) is 9.36 Å². The van der Waals surface area contributed by atoms with E-state index in [1.807, 2.05) is 0 Å². The van der Waals surface area contributed by atoms with Crippen LogP contribution < -0.4 is 5.73 Å². The molecule has 1 heterocycles. The van der Waals surface area contributed by atoms with Crippen LogP contribution in [0.4, 0.5) is 0 Å². The fourth-order valence-corrected chi connectivity index (χ4v) is 0.909. The first kappa shape index (κ1) is 10.8. The molecule has 0 radical (unpaired) electrons. The van der Waals surface area contributed by atoms with Crippen molar-refractivity contribution in [3.8, 4) is 0 Å². The maximum atomic E-state index is 10.3. The van der Waals surface area contributed by atoms with Crippen LogP contribution in [-0.4, -0.2) is 26.8 Å². The minimum absolute atomic E-state index is 0.0231. The van der Waals surface area contributed by atoms with Crippen molar-refractivity contribution in [3.63, 3.8) is 0 Å². The van der Waals surface area contributed by atoms with Gasteiger partial charge < -0.3 is 10.8 Å². The van der Waals surface area contributed by atoms with Crippen LogP contribution in [-0.2, 0) is 4.79 Å². The number of nitrogens with two attached hydrogens (primary N) is 1. The molecule has 6 nitrogen and oxygen atoms in total. The molecule has 0 aromatic carbocycles. The second-order valence-corrected chi connectivity index (χ2v) is 2.67. The van der Waals surface area contributed by atoms with Crippen molar-refractivity contribution in [1.82, 2.24) is 9.36 Å². The van der Waals surface area contributed by atoms with Gasteiger partial charge in [0.15, 0.2) is 0 Å². The van der Waals surface area contributed by atoms with Crippen molar-refractivity contribution in [2.75, 3.05) is 0 Å². The quantitative estimate of drug-likeness (QED) is 0.633. The van der Waals surface area contributed by atoms with Crippen LogP contribution in [0.3, 0.4) is 0 Å². The van der Waals surface area contributed by atoms with E-state index < -0.39 is 5.91 Å². The lowest BCUT2D eigenvalue weighted by Crippen LogP contribution is -2.12. The Balaban J connectivity index is 0.000000354. The van der Waals surface area contributed by atoms with Crippen LogP contribution in [0.1, 0.15) is 10.6 Å². The Hall–Kier alpha value is -1.21. The molecule has 1 aromatic rings. The van der Waals surface area contributed by atoms with E-state index in [-0.39, 0.29) is 16.8 Å². The third-order valence-corrected chi connectivity index (χ3v) is 1.42. The molecule has 1 amide bonds. The summed E-state index contributed by atoms with van der Waals surface area (Å²) in [6, 6.07) is 0. The van der Waals surface area contributed by atoms with Crippen LogP contribution in [0.25, 0.3) is 0 Å². The molecule has 0 spiro atoms. The standard InChI is InChI=1S/C3H2ClN3OS.CH2O2/c4-3-6-2(1(5)8)7-9-3;2-1-3/h(H2,5,8);1H,(H,2,3). The van der Waals surface area contributed by atoms with Gasteiger partial charge in [0, 0.05) is 0 Å². The summed E-state index contributed by atoms with van der Waals surface area (Å²) in [5, 5.41) is 6.89. The van der Waals surface area contributed by atoms with Crippen LogP contribution in [0, 0.1) is 0 Å². The second kappa shape index (κ2) is 5.44. The number of nitrogens with zero attached hydrogens (tertiary/aromatic N) is 2. The van der Waals surface area contributed by atoms with Gasteiger partial charge >= 0.3 is 0 Å². The number of aromatic nitrogens is 2. The van der Waals surface area contributed by atoms with Gasteiger partial charge in [0.2, 0.25) is 10.3 Å². The van der Waals surface area contributed by atoms with Crippen LogP contribution in [0.5, 0.6) is 0 Å². The molecule has 0 aliphatic heterocycles. The number of primary amides is 1. The molecule has 0 bridgehead atoms. The zero-order valence-electron chi connectivity index (χ0n) is 5.60. The van der Waals surface area contributed by atoms with E-state index in [9.17, 15) is 4.79 Å². The summed E-state index contributed by atoms with van der Waals surface area (Å²) in [4.78, 5) is 22.1. The monoisotopic (exact) mass is 209 g/mol. The molecule has 0 aliphatic rings. The molecular weight excluding hydrogens is 206 g/mol. The molecule has 8 heteroatoms. The summed E-state index contributed by atoms with van der Waals surface area (Å²) in [5.41, 5.74) is 4.81. The third kappa shape index (κ3) is 3.84. The highest BCUT2D eigenvalue weighted by atomic mass is 35.5. The van der Waals surface area contributed by atoms with Crippen LogP contribution >= 0.6 is 23.1 Å². The number of hydrogen-bond acceptors (Lipinski definition) is 5. The van der Waals surface area contributed by atoms with Crippen molar-refractivity contribution in [1.29, 1.82) is 0 Å². The zero-order valence-corrected chi connectivity index (χ0v) is 7.17. The summed E-state index contributed by atoms with van der Waals surface area (Å²) >= 11 is 6.28. The molecular formula is C4H4ClN3O3S. The molecule has 12 heavy (non-hydrogen) atoms. The van der Waals surface area contributed by atoms with Gasteiger partial charge in [-0.15, -0.1) is 0 Å². The molecule has 0 aliphatic carbocycles. The van der Waals surface area contributed by atoms with E-state index in [0.717, 1.165) is 11.5 Å². The Morgan fingerprint density at radius 2 is 2.25 bits per heavy atom. The zero-order chi connectivity index (χ0) is 9.56. The Morgan fingerprint density at radius 1 is 1.75 bits per heavy atom. The summed E-state index contributed by atoms with van der Waals surface area (Å²) < 4.78 is 3.77. The first-order valence-corrected chi connectivity index (χ1v) is 3.63. The van der Waals surface area contributed by atoms with Gasteiger partial charge in [-0.3, -0.25) is 9.59 Å². The lowest BCUT2D eigenvalue weighted by molar-refractivity contribution is -0.122. The molecule has 1 rings (SSSR count). The first-order chi connectivity index (χ1) is 5.61. The molecule has 0 unspecified atom stereocenters. The molecule has 0 fully saturated rings. The molecule has 0 saturated carbocycles. The van der Waals surface area contributed by atoms with Gasteiger partial charge in [0.05, 0.1) is 0 Å². The van der Waals surface area contributed by atoms with Crippen molar-refractivity contribution in [2.24, 2.45) is 5.73 Å². The fraction of sp³-hybridized carbons (Fsp3) is 0. The Labute approximate surface area is 76.1 Å². The first-order valence-electron chi connectivity index (χ1n) is 2.48. The predicted molar refractivity (Wildman–Crippen MR) is 42.1 cm³/mol. The topological polar surface area (TPSA) is 106 Å². The number of carbonyl (C=O) groups excluding carboxylic acids is 1. The normalized spacial score (nSPS) is 8.08. The highest BCUT2D eigenvalue weighted by molar-refractivity contribution is 7.10. The number of amides is 1. The summed E-state index contributed by atoms with van der Waals surface area (Å²) in [5.74, 6) is -0.678. The fourth-order valence-electron chi connectivity index (χ4n) is 0.305. The number of carbonyl (C=O) groups is 2. The smallest absolute Gasteiger partial charge is 0.290 e. The number of carboxylic acid groups (broad SMARTS) is 1. The molecule has 0 atom stereocenters.